The number of hydrogen-bond acceptors (Lipinski definition) is 4. The predicted molar refractivity (Wildman–Crippen MR) is 82.0 cm³/mol. The van der Waals surface area contributed by atoms with Gasteiger partial charge >= 0.3 is 5.97 Å². The van der Waals surface area contributed by atoms with Gasteiger partial charge in [0.1, 0.15) is 6.04 Å². The molecule has 1 amide bonds. The van der Waals surface area contributed by atoms with E-state index in [-0.39, 0.29) is 24.1 Å². The first-order valence-corrected chi connectivity index (χ1v) is 8.44. The Labute approximate surface area is 129 Å². The molecule has 0 bridgehead atoms. The molecule has 0 saturated heterocycles. The molecule has 0 aliphatic carbocycles. The van der Waals surface area contributed by atoms with Crippen molar-refractivity contribution in [2.45, 2.75) is 19.9 Å². The van der Waals surface area contributed by atoms with Crippen LogP contribution in [0, 0.1) is 5.92 Å². The van der Waals surface area contributed by atoms with Crippen LogP contribution in [0.15, 0.2) is 30.3 Å². The Morgan fingerprint density at radius 3 is 2.27 bits per heavy atom. The van der Waals surface area contributed by atoms with Gasteiger partial charge in [0.15, 0.2) is 0 Å². The first kappa shape index (κ1) is 18.1. The van der Waals surface area contributed by atoms with Gasteiger partial charge in [0.2, 0.25) is 10.0 Å². The van der Waals surface area contributed by atoms with E-state index in [0.29, 0.717) is 5.56 Å². The third-order valence-corrected chi connectivity index (χ3v) is 4.29. The lowest BCUT2D eigenvalue weighted by atomic mass is 10.1. The van der Waals surface area contributed by atoms with Gasteiger partial charge in [0.25, 0.3) is 5.91 Å². The van der Waals surface area contributed by atoms with E-state index < -0.39 is 22.0 Å². The van der Waals surface area contributed by atoms with Crippen molar-refractivity contribution in [1.29, 1.82) is 0 Å². The van der Waals surface area contributed by atoms with Gasteiger partial charge in [-0.3, -0.25) is 9.59 Å². The topological polar surface area (TPSA) is 113 Å². The molecule has 0 spiro atoms. The molecule has 0 aliphatic rings. The van der Waals surface area contributed by atoms with Crippen LogP contribution in [0.4, 0.5) is 0 Å². The molecule has 0 saturated carbocycles. The van der Waals surface area contributed by atoms with Crippen molar-refractivity contribution in [1.82, 2.24) is 10.0 Å². The van der Waals surface area contributed by atoms with Gasteiger partial charge in [-0.2, -0.15) is 0 Å². The molecule has 0 fully saturated rings. The highest BCUT2D eigenvalue weighted by Gasteiger charge is 2.26. The summed E-state index contributed by atoms with van der Waals surface area (Å²) in [6.07, 6.45) is 0. The van der Waals surface area contributed by atoms with Gasteiger partial charge in [-0.25, -0.2) is 13.1 Å². The highest BCUT2D eigenvalue weighted by molar-refractivity contribution is 7.89. The van der Waals surface area contributed by atoms with Gasteiger partial charge in [-0.1, -0.05) is 32.0 Å². The molecule has 0 radical (unpaired) electrons. The summed E-state index contributed by atoms with van der Waals surface area (Å²) in [5.41, 5.74) is 0.429. The minimum absolute atomic E-state index is 0.104. The maximum atomic E-state index is 11.8. The fraction of sp³-hybridized carbons (Fsp3) is 0.429. The number of carboxylic acids is 1. The molecule has 1 atom stereocenters. The van der Waals surface area contributed by atoms with Crippen LogP contribution in [0.5, 0.6) is 0 Å². The van der Waals surface area contributed by atoms with Crippen LogP contribution in [0.3, 0.4) is 0 Å². The highest BCUT2D eigenvalue weighted by Crippen LogP contribution is 2.04. The van der Waals surface area contributed by atoms with E-state index in [1.165, 1.54) is 0 Å². The molecule has 0 aliphatic heterocycles. The molecule has 7 nitrogen and oxygen atoms in total. The maximum Gasteiger partial charge on any atom is 0.321 e. The molecule has 0 aromatic heterocycles. The SMILES string of the molecule is CC(C)[C@H](NS(=O)(=O)CCNC(=O)c1ccccc1)C(=O)O. The quantitative estimate of drug-likeness (QED) is 0.641. The Kier molecular flexibility index (Phi) is 6.51. The third kappa shape index (κ3) is 5.82. The van der Waals surface area contributed by atoms with E-state index in [9.17, 15) is 18.0 Å². The van der Waals surface area contributed by atoms with Crippen molar-refractivity contribution in [3.8, 4) is 0 Å². The lowest BCUT2D eigenvalue weighted by molar-refractivity contribution is -0.140. The van der Waals surface area contributed by atoms with E-state index in [1.54, 1.807) is 44.2 Å². The van der Waals surface area contributed by atoms with Crippen molar-refractivity contribution in [2.24, 2.45) is 5.92 Å². The smallest absolute Gasteiger partial charge is 0.321 e. The summed E-state index contributed by atoms with van der Waals surface area (Å²) in [4.78, 5) is 22.7. The normalized spacial score (nSPS) is 12.9. The second-order valence-electron chi connectivity index (χ2n) is 5.12. The zero-order valence-corrected chi connectivity index (χ0v) is 13.3. The van der Waals surface area contributed by atoms with Crippen LogP contribution >= 0.6 is 0 Å². The molecular weight excluding hydrogens is 308 g/mol. The van der Waals surface area contributed by atoms with Gasteiger partial charge in [-0.05, 0) is 18.1 Å². The van der Waals surface area contributed by atoms with Gasteiger partial charge in [0.05, 0.1) is 5.75 Å². The summed E-state index contributed by atoms with van der Waals surface area (Å²) >= 11 is 0. The number of sulfonamides is 1. The lowest BCUT2D eigenvalue weighted by Crippen LogP contribution is -2.46. The van der Waals surface area contributed by atoms with Gasteiger partial charge in [0, 0.05) is 12.1 Å². The van der Waals surface area contributed by atoms with Crippen LogP contribution in [0.1, 0.15) is 24.2 Å². The van der Waals surface area contributed by atoms with Crippen molar-refractivity contribution < 1.29 is 23.1 Å². The van der Waals surface area contributed by atoms with Crippen LogP contribution in [-0.4, -0.2) is 43.7 Å². The largest absolute Gasteiger partial charge is 0.480 e. The number of carbonyl (C=O) groups excluding carboxylic acids is 1. The zero-order chi connectivity index (χ0) is 16.8. The molecule has 1 aromatic rings. The minimum Gasteiger partial charge on any atom is -0.480 e. The Morgan fingerprint density at radius 2 is 1.77 bits per heavy atom. The van der Waals surface area contributed by atoms with E-state index >= 15 is 0 Å². The molecule has 122 valence electrons. The number of rotatable bonds is 8. The Balaban J connectivity index is 2.52. The lowest BCUT2D eigenvalue weighted by Gasteiger charge is -2.18. The highest BCUT2D eigenvalue weighted by atomic mass is 32.2. The molecule has 1 rings (SSSR count). The predicted octanol–water partition coefficient (Wildman–Crippen LogP) is 0.445. The molecule has 3 N–H and O–H groups in total. The minimum atomic E-state index is -3.79. The number of benzene rings is 1. The van der Waals surface area contributed by atoms with Gasteiger partial charge in [-0.15, -0.1) is 0 Å². The van der Waals surface area contributed by atoms with Crippen molar-refractivity contribution in [2.75, 3.05) is 12.3 Å². The monoisotopic (exact) mass is 328 g/mol. The van der Waals surface area contributed by atoms with Crippen LogP contribution in [-0.2, 0) is 14.8 Å². The summed E-state index contributed by atoms with van der Waals surface area (Å²) in [7, 11) is -3.79. The average molecular weight is 328 g/mol. The number of carbonyl (C=O) groups is 2. The molecule has 0 unspecified atom stereocenters. The van der Waals surface area contributed by atoms with Crippen LogP contribution in [0.25, 0.3) is 0 Å². The van der Waals surface area contributed by atoms with Crippen LogP contribution in [0.2, 0.25) is 0 Å². The second kappa shape index (κ2) is 7.90. The standard InChI is InChI=1S/C14H20N2O5S/c1-10(2)12(14(18)19)16-22(20,21)9-8-15-13(17)11-6-4-3-5-7-11/h3-7,10,12,16H,8-9H2,1-2H3,(H,15,17)(H,18,19)/t12-/m0/s1. The molecule has 22 heavy (non-hydrogen) atoms. The number of nitrogens with one attached hydrogen (secondary N) is 2. The van der Waals surface area contributed by atoms with E-state index in [0.717, 1.165) is 0 Å². The summed E-state index contributed by atoms with van der Waals surface area (Å²) in [5.74, 6) is -2.38. The molecule has 1 aromatic carbocycles. The van der Waals surface area contributed by atoms with Crippen LogP contribution < -0.4 is 10.0 Å². The molecule has 0 heterocycles. The number of carboxylic acid groups (broad SMARTS) is 1. The summed E-state index contributed by atoms with van der Waals surface area (Å²) in [6.45, 7) is 3.12. The Morgan fingerprint density at radius 1 is 1.18 bits per heavy atom. The maximum absolute atomic E-state index is 11.8. The molecular formula is C14H20N2O5S. The molecule has 8 heteroatoms. The average Bonchev–Trinajstić information content (AvgIpc) is 2.45. The van der Waals surface area contributed by atoms with Crippen molar-refractivity contribution in [3.63, 3.8) is 0 Å². The number of hydrogen-bond donors (Lipinski definition) is 3. The van der Waals surface area contributed by atoms with Crippen molar-refractivity contribution >= 4 is 21.9 Å². The van der Waals surface area contributed by atoms with Crippen molar-refractivity contribution in [3.05, 3.63) is 35.9 Å². The third-order valence-electron chi connectivity index (χ3n) is 2.93. The Bertz CT molecular complexity index is 613. The fourth-order valence-corrected chi connectivity index (χ4v) is 2.96. The fourth-order valence-electron chi connectivity index (χ4n) is 1.71. The Hall–Kier alpha value is -1.93. The van der Waals surface area contributed by atoms with Gasteiger partial charge < -0.3 is 10.4 Å². The zero-order valence-electron chi connectivity index (χ0n) is 12.4. The first-order chi connectivity index (χ1) is 10.2. The van der Waals surface area contributed by atoms with E-state index in [4.69, 9.17) is 5.11 Å². The second-order valence-corrected chi connectivity index (χ2v) is 6.99. The summed E-state index contributed by atoms with van der Waals surface area (Å²) in [5, 5.41) is 11.5. The summed E-state index contributed by atoms with van der Waals surface area (Å²) < 4.78 is 25.8. The van der Waals surface area contributed by atoms with E-state index in [1.807, 2.05) is 0 Å². The first-order valence-electron chi connectivity index (χ1n) is 6.79. The van der Waals surface area contributed by atoms with E-state index in [2.05, 4.69) is 10.0 Å². The summed E-state index contributed by atoms with van der Waals surface area (Å²) in [6, 6.07) is 7.21. The number of amides is 1. The number of aliphatic carboxylic acids is 1.